The van der Waals surface area contributed by atoms with Crippen LogP contribution in [-0.4, -0.2) is 38.9 Å². The van der Waals surface area contributed by atoms with Crippen LogP contribution in [0.25, 0.3) is 5.69 Å². The summed E-state index contributed by atoms with van der Waals surface area (Å²) in [5, 5.41) is 14.7. The largest absolute Gasteiger partial charge is 0.494 e. The molecule has 0 saturated heterocycles. The van der Waals surface area contributed by atoms with E-state index in [0.717, 1.165) is 22.6 Å². The molecule has 3 aromatic carbocycles. The predicted octanol–water partition coefficient (Wildman–Crippen LogP) is 5.08. The SMILES string of the molecule is CCOc1ccc(-n2c(CNC(=O)c3ccc(C)c(C)c3)nnc2SCC(=O)Nc2ccc(F)cc2)cc1. The number of benzene rings is 3. The summed E-state index contributed by atoms with van der Waals surface area (Å²) < 4.78 is 20.5. The first-order valence-electron chi connectivity index (χ1n) is 12.0. The van der Waals surface area contributed by atoms with Crippen molar-refractivity contribution < 1.29 is 18.7 Å². The minimum absolute atomic E-state index is 0.0571. The summed E-state index contributed by atoms with van der Waals surface area (Å²) in [4.78, 5) is 25.3. The fraction of sp³-hybridized carbons (Fsp3) is 0.214. The smallest absolute Gasteiger partial charge is 0.251 e. The van der Waals surface area contributed by atoms with Gasteiger partial charge in [0, 0.05) is 16.9 Å². The average Bonchev–Trinajstić information content (AvgIpc) is 3.32. The molecule has 0 fully saturated rings. The molecule has 0 spiro atoms. The fourth-order valence-electron chi connectivity index (χ4n) is 3.63. The molecule has 0 aliphatic rings. The van der Waals surface area contributed by atoms with Gasteiger partial charge in [-0.3, -0.25) is 14.2 Å². The van der Waals surface area contributed by atoms with Crippen LogP contribution < -0.4 is 15.4 Å². The summed E-state index contributed by atoms with van der Waals surface area (Å²) in [6, 6.07) is 18.5. The summed E-state index contributed by atoms with van der Waals surface area (Å²) in [6.45, 7) is 6.55. The number of anilines is 1. The number of carbonyl (C=O) groups excluding carboxylic acids is 2. The van der Waals surface area contributed by atoms with Gasteiger partial charge in [0.25, 0.3) is 5.91 Å². The Morgan fingerprint density at radius 2 is 1.71 bits per heavy atom. The molecule has 4 aromatic rings. The third kappa shape index (κ3) is 6.77. The van der Waals surface area contributed by atoms with Crippen molar-refractivity contribution in [2.24, 2.45) is 0 Å². The minimum Gasteiger partial charge on any atom is -0.494 e. The average molecular weight is 534 g/mol. The molecule has 0 atom stereocenters. The highest BCUT2D eigenvalue weighted by molar-refractivity contribution is 7.99. The zero-order valence-corrected chi connectivity index (χ0v) is 22.1. The van der Waals surface area contributed by atoms with Crippen molar-refractivity contribution >= 4 is 29.3 Å². The third-order valence-corrected chi connectivity index (χ3v) is 6.67. The lowest BCUT2D eigenvalue weighted by Crippen LogP contribution is -2.24. The number of hydrogen-bond acceptors (Lipinski definition) is 6. The number of halogens is 1. The van der Waals surface area contributed by atoms with E-state index in [4.69, 9.17) is 4.74 Å². The van der Waals surface area contributed by atoms with Crippen molar-refractivity contribution in [1.82, 2.24) is 20.1 Å². The van der Waals surface area contributed by atoms with E-state index in [0.29, 0.717) is 28.8 Å². The zero-order chi connectivity index (χ0) is 27.1. The van der Waals surface area contributed by atoms with Crippen molar-refractivity contribution in [3.63, 3.8) is 0 Å². The van der Waals surface area contributed by atoms with E-state index in [1.54, 1.807) is 10.6 Å². The van der Waals surface area contributed by atoms with Gasteiger partial charge in [-0.25, -0.2) is 4.39 Å². The molecule has 1 aromatic heterocycles. The number of ether oxygens (including phenoxy) is 1. The van der Waals surface area contributed by atoms with E-state index in [9.17, 15) is 14.0 Å². The highest BCUT2D eigenvalue weighted by atomic mass is 32.2. The second kappa shape index (κ2) is 12.4. The maximum absolute atomic E-state index is 13.1. The van der Waals surface area contributed by atoms with Crippen LogP contribution in [0, 0.1) is 19.7 Å². The highest BCUT2D eigenvalue weighted by Crippen LogP contribution is 2.24. The van der Waals surface area contributed by atoms with Gasteiger partial charge in [-0.15, -0.1) is 10.2 Å². The van der Waals surface area contributed by atoms with Crippen molar-refractivity contribution in [2.75, 3.05) is 17.7 Å². The van der Waals surface area contributed by atoms with Crippen molar-refractivity contribution in [2.45, 2.75) is 32.5 Å². The molecule has 0 aliphatic heterocycles. The summed E-state index contributed by atoms with van der Waals surface area (Å²) >= 11 is 1.20. The third-order valence-electron chi connectivity index (χ3n) is 5.74. The summed E-state index contributed by atoms with van der Waals surface area (Å²) in [7, 11) is 0. The minimum atomic E-state index is -0.377. The van der Waals surface area contributed by atoms with E-state index in [-0.39, 0.29) is 29.9 Å². The van der Waals surface area contributed by atoms with Crippen LogP contribution in [-0.2, 0) is 11.3 Å². The predicted molar refractivity (Wildman–Crippen MR) is 145 cm³/mol. The Morgan fingerprint density at radius 3 is 2.39 bits per heavy atom. The Labute approximate surface area is 224 Å². The van der Waals surface area contributed by atoms with E-state index in [2.05, 4.69) is 20.8 Å². The molecule has 196 valence electrons. The van der Waals surface area contributed by atoms with Gasteiger partial charge in [0.05, 0.1) is 18.9 Å². The van der Waals surface area contributed by atoms with Gasteiger partial charge >= 0.3 is 0 Å². The normalized spacial score (nSPS) is 10.7. The summed E-state index contributed by atoms with van der Waals surface area (Å²) in [6.07, 6.45) is 0. The number of nitrogens with one attached hydrogen (secondary N) is 2. The maximum atomic E-state index is 13.1. The first-order valence-corrected chi connectivity index (χ1v) is 13.0. The number of carbonyl (C=O) groups is 2. The molecule has 0 bridgehead atoms. The number of rotatable bonds is 10. The molecule has 0 unspecified atom stereocenters. The van der Waals surface area contributed by atoms with E-state index in [1.807, 2.05) is 57.2 Å². The van der Waals surface area contributed by atoms with Crippen LogP contribution in [0.15, 0.2) is 71.9 Å². The second-order valence-corrected chi connectivity index (χ2v) is 9.43. The van der Waals surface area contributed by atoms with Crippen LogP contribution in [0.2, 0.25) is 0 Å². The second-order valence-electron chi connectivity index (χ2n) is 8.49. The van der Waals surface area contributed by atoms with Crippen LogP contribution in [0.4, 0.5) is 10.1 Å². The molecular formula is C28H28FN5O3S. The van der Waals surface area contributed by atoms with Gasteiger partial charge in [-0.1, -0.05) is 17.8 Å². The molecular weight excluding hydrogens is 505 g/mol. The molecule has 10 heteroatoms. The van der Waals surface area contributed by atoms with E-state index in [1.165, 1.54) is 36.0 Å². The molecule has 38 heavy (non-hydrogen) atoms. The maximum Gasteiger partial charge on any atom is 0.251 e. The van der Waals surface area contributed by atoms with Gasteiger partial charge < -0.3 is 15.4 Å². The number of aryl methyl sites for hydroxylation is 2. The van der Waals surface area contributed by atoms with Crippen LogP contribution in [0.3, 0.4) is 0 Å². The Balaban J connectivity index is 1.51. The highest BCUT2D eigenvalue weighted by Gasteiger charge is 2.17. The van der Waals surface area contributed by atoms with Crippen LogP contribution >= 0.6 is 11.8 Å². The topological polar surface area (TPSA) is 98.1 Å². The quantitative estimate of drug-likeness (QED) is 0.276. The first kappa shape index (κ1) is 26.9. The van der Waals surface area contributed by atoms with Gasteiger partial charge in [0.15, 0.2) is 11.0 Å². The van der Waals surface area contributed by atoms with Crippen molar-refractivity contribution in [3.8, 4) is 11.4 Å². The molecule has 2 N–H and O–H groups in total. The Morgan fingerprint density at radius 1 is 0.974 bits per heavy atom. The molecule has 8 nitrogen and oxygen atoms in total. The Hall–Kier alpha value is -4.18. The molecule has 0 aliphatic carbocycles. The number of amides is 2. The molecule has 1 heterocycles. The number of nitrogens with zero attached hydrogens (tertiary/aromatic N) is 3. The van der Waals surface area contributed by atoms with Crippen LogP contribution in [0.5, 0.6) is 5.75 Å². The van der Waals surface area contributed by atoms with Gasteiger partial charge in [0.2, 0.25) is 5.91 Å². The Bertz CT molecular complexity index is 1420. The molecule has 0 saturated carbocycles. The first-order chi connectivity index (χ1) is 18.3. The summed E-state index contributed by atoms with van der Waals surface area (Å²) in [5.74, 6) is 0.420. The van der Waals surface area contributed by atoms with E-state index < -0.39 is 0 Å². The van der Waals surface area contributed by atoms with Crippen molar-refractivity contribution in [3.05, 3.63) is 95.1 Å². The standard InChI is InChI=1S/C28H28FN5O3S/c1-4-37-24-13-11-23(12-14-24)34-25(16-30-27(36)20-6-5-18(2)19(3)15-20)32-33-28(34)38-17-26(35)31-22-9-7-21(29)8-10-22/h5-15H,4,16-17H2,1-3H3,(H,30,36)(H,31,35). The lowest BCUT2D eigenvalue weighted by atomic mass is 10.1. The Kier molecular flexibility index (Phi) is 8.75. The molecule has 0 radical (unpaired) electrons. The van der Waals surface area contributed by atoms with Gasteiger partial charge in [0.1, 0.15) is 11.6 Å². The lowest BCUT2D eigenvalue weighted by molar-refractivity contribution is -0.113. The molecule has 4 rings (SSSR count). The number of thioether (sulfide) groups is 1. The van der Waals surface area contributed by atoms with Gasteiger partial charge in [-0.05, 0) is 92.6 Å². The van der Waals surface area contributed by atoms with Crippen LogP contribution in [0.1, 0.15) is 34.2 Å². The number of hydrogen-bond donors (Lipinski definition) is 2. The zero-order valence-electron chi connectivity index (χ0n) is 21.3. The van der Waals surface area contributed by atoms with Crippen molar-refractivity contribution in [1.29, 1.82) is 0 Å². The number of aromatic nitrogens is 3. The van der Waals surface area contributed by atoms with Gasteiger partial charge in [-0.2, -0.15) is 0 Å². The fourth-order valence-corrected chi connectivity index (χ4v) is 4.40. The molecule has 2 amide bonds. The van der Waals surface area contributed by atoms with E-state index >= 15 is 0 Å². The monoisotopic (exact) mass is 533 g/mol. The summed E-state index contributed by atoms with van der Waals surface area (Å²) in [5.41, 5.74) is 3.97. The lowest BCUT2D eigenvalue weighted by Gasteiger charge is -2.12.